The highest BCUT2D eigenvalue weighted by atomic mass is 16.5. The standard InChI is InChI=1S/C16H23NO2/c1-11(2)8-12(3)19-16(18)15-10-17-9-13-6-4-5-7-14(13)15/h4-7,11-12,15,17H,8-10H2,1-3H3. The predicted octanol–water partition coefficient (Wildman–Crippen LogP) is 2.85. The Morgan fingerprint density at radius 1 is 1.37 bits per heavy atom. The van der Waals surface area contributed by atoms with Gasteiger partial charge in [-0.2, -0.15) is 0 Å². The van der Waals surface area contributed by atoms with Gasteiger partial charge >= 0.3 is 5.97 Å². The number of benzene rings is 1. The number of carbonyl (C=O) groups is 1. The van der Waals surface area contributed by atoms with E-state index in [-0.39, 0.29) is 18.0 Å². The van der Waals surface area contributed by atoms with Crippen LogP contribution in [0, 0.1) is 5.92 Å². The van der Waals surface area contributed by atoms with Crippen molar-refractivity contribution in [2.75, 3.05) is 6.54 Å². The summed E-state index contributed by atoms with van der Waals surface area (Å²) in [6, 6.07) is 8.10. The largest absolute Gasteiger partial charge is 0.462 e. The van der Waals surface area contributed by atoms with Crippen LogP contribution in [0.2, 0.25) is 0 Å². The van der Waals surface area contributed by atoms with Gasteiger partial charge in [-0.25, -0.2) is 0 Å². The summed E-state index contributed by atoms with van der Waals surface area (Å²) in [5, 5.41) is 3.29. The Bertz CT molecular complexity index is 442. The molecule has 0 aliphatic carbocycles. The fourth-order valence-corrected chi connectivity index (χ4v) is 2.70. The molecule has 2 unspecified atom stereocenters. The van der Waals surface area contributed by atoms with Crippen molar-refractivity contribution < 1.29 is 9.53 Å². The van der Waals surface area contributed by atoms with Crippen LogP contribution in [0.15, 0.2) is 24.3 Å². The lowest BCUT2D eigenvalue weighted by molar-refractivity contribution is -0.150. The van der Waals surface area contributed by atoms with E-state index < -0.39 is 0 Å². The predicted molar refractivity (Wildman–Crippen MR) is 75.9 cm³/mol. The van der Waals surface area contributed by atoms with Crippen LogP contribution in [0.3, 0.4) is 0 Å². The summed E-state index contributed by atoms with van der Waals surface area (Å²) in [5.74, 6) is 0.270. The van der Waals surface area contributed by atoms with Crippen LogP contribution in [0.1, 0.15) is 44.2 Å². The molecule has 1 aliphatic rings. The lowest BCUT2D eigenvalue weighted by atomic mass is 9.91. The van der Waals surface area contributed by atoms with E-state index in [1.54, 1.807) is 0 Å². The molecule has 1 heterocycles. The van der Waals surface area contributed by atoms with Gasteiger partial charge in [0, 0.05) is 13.1 Å². The minimum Gasteiger partial charge on any atom is -0.462 e. The van der Waals surface area contributed by atoms with Crippen molar-refractivity contribution in [3.8, 4) is 0 Å². The third-order valence-electron chi connectivity index (χ3n) is 3.50. The molecule has 104 valence electrons. The van der Waals surface area contributed by atoms with Crippen molar-refractivity contribution in [1.82, 2.24) is 5.32 Å². The molecule has 0 aromatic heterocycles. The van der Waals surface area contributed by atoms with Crippen molar-refractivity contribution in [1.29, 1.82) is 0 Å². The lowest BCUT2D eigenvalue weighted by Gasteiger charge is -2.26. The molecule has 19 heavy (non-hydrogen) atoms. The zero-order valence-electron chi connectivity index (χ0n) is 12.0. The normalized spacial score (nSPS) is 19.9. The molecular formula is C16H23NO2. The van der Waals surface area contributed by atoms with E-state index in [4.69, 9.17) is 4.74 Å². The Labute approximate surface area is 115 Å². The summed E-state index contributed by atoms with van der Waals surface area (Å²) in [6.07, 6.45) is 0.898. The highest BCUT2D eigenvalue weighted by Gasteiger charge is 2.28. The SMILES string of the molecule is CC(C)CC(C)OC(=O)C1CNCc2ccccc21. The fraction of sp³-hybridized carbons (Fsp3) is 0.562. The fourth-order valence-electron chi connectivity index (χ4n) is 2.70. The Morgan fingerprint density at radius 3 is 2.84 bits per heavy atom. The zero-order valence-corrected chi connectivity index (χ0v) is 12.0. The van der Waals surface area contributed by atoms with Crippen molar-refractivity contribution in [2.24, 2.45) is 5.92 Å². The molecule has 1 N–H and O–H groups in total. The van der Waals surface area contributed by atoms with Gasteiger partial charge in [0.2, 0.25) is 0 Å². The number of rotatable bonds is 4. The minimum absolute atomic E-state index is 0.0124. The van der Waals surface area contributed by atoms with Crippen molar-refractivity contribution in [2.45, 2.75) is 45.8 Å². The first-order valence-corrected chi connectivity index (χ1v) is 7.07. The van der Waals surface area contributed by atoms with Gasteiger partial charge in [0.05, 0.1) is 12.0 Å². The summed E-state index contributed by atoms with van der Waals surface area (Å²) in [5.41, 5.74) is 2.32. The molecule has 0 amide bonds. The van der Waals surface area contributed by atoms with Crippen LogP contribution in [0.4, 0.5) is 0 Å². The average Bonchev–Trinajstić information content (AvgIpc) is 2.36. The number of esters is 1. The molecule has 1 aliphatic heterocycles. The van der Waals surface area contributed by atoms with E-state index in [2.05, 4.69) is 25.2 Å². The molecule has 0 spiro atoms. The summed E-state index contributed by atoms with van der Waals surface area (Å²) < 4.78 is 5.58. The first-order valence-electron chi connectivity index (χ1n) is 7.07. The van der Waals surface area contributed by atoms with Crippen molar-refractivity contribution >= 4 is 5.97 Å². The molecular weight excluding hydrogens is 238 g/mol. The number of nitrogens with one attached hydrogen (secondary N) is 1. The molecule has 2 atom stereocenters. The van der Waals surface area contributed by atoms with Crippen LogP contribution in [0.5, 0.6) is 0 Å². The van der Waals surface area contributed by atoms with E-state index in [1.807, 2.05) is 25.1 Å². The highest BCUT2D eigenvalue weighted by Crippen LogP contribution is 2.25. The first-order chi connectivity index (χ1) is 9.08. The molecule has 3 heteroatoms. The van der Waals surface area contributed by atoms with E-state index in [9.17, 15) is 4.79 Å². The maximum absolute atomic E-state index is 12.3. The van der Waals surface area contributed by atoms with Crippen LogP contribution < -0.4 is 5.32 Å². The van der Waals surface area contributed by atoms with E-state index in [0.717, 1.165) is 18.5 Å². The minimum atomic E-state index is -0.167. The van der Waals surface area contributed by atoms with Crippen molar-refractivity contribution in [3.05, 3.63) is 35.4 Å². The maximum atomic E-state index is 12.3. The molecule has 1 aromatic rings. The second kappa shape index (κ2) is 6.20. The lowest BCUT2D eigenvalue weighted by Crippen LogP contribution is -2.34. The van der Waals surface area contributed by atoms with Gasteiger partial charge in [-0.15, -0.1) is 0 Å². The van der Waals surface area contributed by atoms with Gasteiger partial charge in [0.15, 0.2) is 0 Å². The van der Waals surface area contributed by atoms with Crippen LogP contribution in [-0.4, -0.2) is 18.6 Å². The molecule has 0 fully saturated rings. The van der Waals surface area contributed by atoms with Gasteiger partial charge in [0.1, 0.15) is 0 Å². The van der Waals surface area contributed by atoms with Crippen LogP contribution >= 0.6 is 0 Å². The monoisotopic (exact) mass is 261 g/mol. The number of fused-ring (bicyclic) bond motifs is 1. The molecule has 0 saturated heterocycles. The van der Waals surface area contributed by atoms with Gasteiger partial charge < -0.3 is 10.1 Å². The summed E-state index contributed by atoms with van der Waals surface area (Å²) in [7, 11) is 0. The van der Waals surface area contributed by atoms with Crippen LogP contribution in [0.25, 0.3) is 0 Å². The average molecular weight is 261 g/mol. The number of carbonyl (C=O) groups excluding carboxylic acids is 1. The van der Waals surface area contributed by atoms with E-state index in [0.29, 0.717) is 12.5 Å². The summed E-state index contributed by atoms with van der Waals surface area (Å²) in [6.45, 7) is 7.76. The van der Waals surface area contributed by atoms with Crippen LogP contribution in [-0.2, 0) is 16.1 Å². The Balaban J connectivity index is 2.04. The number of hydrogen-bond acceptors (Lipinski definition) is 3. The van der Waals surface area contributed by atoms with E-state index >= 15 is 0 Å². The number of hydrogen-bond donors (Lipinski definition) is 1. The van der Waals surface area contributed by atoms with Gasteiger partial charge in [0.25, 0.3) is 0 Å². The second-order valence-electron chi connectivity index (χ2n) is 5.76. The number of ether oxygens (including phenoxy) is 1. The molecule has 3 nitrogen and oxygen atoms in total. The quantitative estimate of drug-likeness (QED) is 0.847. The molecule has 0 bridgehead atoms. The highest BCUT2D eigenvalue weighted by molar-refractivity contribution is 5.79. The molecule has 1 aromatic carbocycles. The Morgan fingerprint density at radius 2 is 2.11 bits per heavy atom. The maximum Gasteiger partial charge on any atom is 0.314 e. The van der Waals surface area contributed by atoms with Gasteiger partial charge in [-0.1, -0.05) is 38.1 Å². The summed E-state index contributed by atoms with van der Waals surface area (Å²) >= 11 is 0. The van der Waals surface area contributed by atoms with Crippen molar-refractivity contribution in [3.63, 3.8) is 0 Å². The Hall–Kier alpha value is -1.35. The third kappa shape index (κ3) is 3.57. The smallest absolute Gasteiger partial charge is 0.314 e. The summed E-state index contributed by atoms with van der Waals surface area (Å²) in [4.78, 5) is 12.3. The third-order valence-corrected chi connectivity index (χ3v) is 3.50. The Kier molecular flexibility index (Phi) is 4.59. The molecule has 2 rings (SSSR count). The first kappa shape index (κ1) is 14.1. The molecule has 0 radical (unpaired) electrons. The van der Waals surface area contributed by atoms with Gasteiger partial charge in [-0.05, 0) is 30.4 Å². The topological polar surface area (TPSA) is 38.3 Å². The van der Waals surface area contributed by atoms with E-state index in [1.165, 1.54) is 5.56 Å². The second-order valence-corrected chi connectivity index (χ2v) is 5.76. The zero-order chi connectivity index (χ0) is 13.8. The molecule has 0 saturated carbocycles. The van der Waals surface area contributed by atoms with Gasteiger partial charge in [-0.3, -0.25) is 4.79 Å².